The van der Waals surface area contributed by atoms with E-state index >= 15 is 0 Å². The molecule has 2 fully saturated rings. The van der Waals surface area contributed by atoms with Crippen molar-refractivity contribution in [3.05, 3.63) is 29.1 Å². The fourth-order valence-corrected chi connectivity index (χ4v) is 4.11. The lowest BCUT2D eigenvalue weighted by molar-refractivity contribution is -0.130. The van der Waals surface area contributed by atoms with E-state index in [1.807, 2.05) is 43.9 Å². The van der Waals surface area contributed by atoms with Gasteiger partial charge in [0.1, 0.15) is 0 Å². The van der Waals surface area contributed by atoms with Gasteiger partial charge in [-0.05, 0) is 43.6 Å². The third-order valence-electron chi connectivity index (χ3n) is 6.16. The molecule has 1 saturated carbocycles. The van der Waals surface area contributed by atoms with Gasteiger partial charge in [0.25, 0.3) is 0 Å². The maximum Gasteiger partial charge on any atom is 0.249 e. The summed E-state index contributed by atoms with van der Waals surface area (Å²) in [6.07, 6.45) is 4.99. The number of hydrogen-bond acceptors (Lipinski definition) is 3. The molecule has 142 valence electrons. The normalized spacial score (nSPS) is 25.0. The molecule has 1 aromatic heterocycles. The molecule has 0 aromatic carbocycles. The average Bonchev–Trinajstić information content (AvgIpc) is 2.97. The van der Waals surface area contributed by atoms with Gasteiger partial charge < -0.3 is 9.80 Å². The fraction of sp³-hybridized carbons (Fsp3) is 0.650. The molecule has 26 heavy (non-hydrogen) atoms. The molecule has 2 amide bonds. The summed E-state index contributed by atoms with van der Waals surface area (Å²) < 4.78 is 1.73. The van der Waals surface area contributed by atoms with Crippen LogP contribution >= 0.6 is 0 Å². The summed E-state index contributed by atoms with van der Waals surface area (Å²) in [5.41, 5.74) is 2.99. The van der Waals surface area contributed by atoms with E-state index in [1.165, 1.54) is 0 Å². The molecule has 0 radical (unpaired) electrons. The Kier molecular flexibility index (Phi) is 5.21. The van der Waals surface area contributed by atoms with Crippen molar-refractivity contribution in [1.29, 1.82) is 0 Å². The number of likely N-dealkylation sites (N-methyl/N-ethyl adjacent to an activating group) is 1. The van der Waals surface area contributed by atoms with Crippen LogP contribution in [0, 0.1) is 17.8 Å². The molecule has 3 atom stereocenters. The highest BCUT2D eigenvalue weighted by Crippen LogP contribution is 2.52. The van der Waals surface area contributed by atoms with E-state index < -0.39 is 0 Å². The standard InChI is InChI=1S/C20H30N4O2/c1-6-13(2)14(3)20(26)22(4)10-16-17-11-24(12-18(16)17)19(25)7-15-8-21-23(5)9-15/h8-9,16-18H,6-7,10-12H2,1-5H3/b14-13+/t16?,17-,18+. The zero-order valence-electron chi connectivity index (χ0n) is 16.5. The van der Waals surface area contributed by atoms with Crippen molar-refractivity contribution in [3.8, 4) is 0 Å². The van der Waals surface area contributed by atoms with Gasteiger partial charge in [0.05, 0.1) is 12.6 Å². The predicted molar refractivity (Wildman–Crippen MR) is 100 cm³/mol. The van der Waals surface area contributed by atoms with Crippen molar-refractivity contribution >= 4 is 11.8 Å². The van der Waals surface area contributed by atoms with Gasteiger partial charge in [0, 0.05) is 45.5 Å². The Hall–Kier alpha value is -2.11. The van der Waals surface area contributed by atoms with E-state index in [0.717, 1.165) is 42.8 Å². The third-order valence-corrected chi connectivity index (χ3v) is 6.16. The van der Waals surface area contributed by atoms with E-state index in [2.05, 4.69) is 12.0 Å². The van der Waals surface area contributed by atoms with E-state index in [4.69, 9.17) is 0 Å². The number of nitrogens with zero attached hydrogens (tertiary/aromatic N) is 4. The monoisotopic (exact) mass is 358 g/mol. The molecule has 6 nitrogen and oxygen atoms in total. The number of aromatic nitrogens is 2. The summed E-state index contributed by atoms with van der Waals surface area (Å²) >= 11 is 0. The number of fused-ring (bicyclic) bond motifs is 1. The lowest BCUT2D eigenvalue weighted by Crippen LogP contribution is -2.36. The van der Waals surface area contributed by atoms with Crippen molar-refractivity contribution in [2.24, 2.45) is 24.8 Å². The highest BCUT2D eigenvalue weighted by atomic mass is 16.2. The van der Waals surface area contributed by atoms with E-state index in [1.54, 1.807) is 10.9 Å². The number of aryl methyl sites for hydroxylation is 1. The molecule has 2 heterocycles. The highest BCUT2D eigenvalue weighted by molar-refractivity contribution is 5.93. The summed E-state index contributed by atoms with van der Waals surface area (Å²) in [6.45, 7) is 8.49. The van der Waals surface area contributed by atoms with Crippen LogP contribution in [-0.4, -0.2) is 58.1 Å². The lowest BCUT2D eigenvalue weighted by atomic mass is 10.1. The second-order valence-electron chi connectivity index (χ2n) is 7.93. The molecular formula is C20H30N4O2. The topological polar surface area (TPSA) is 58.4 Å². The maximum atomic E-state index is 12.5. The van der Waals surface area contributed by atoms with E-state index in [-0.39, 0.29) is 11.8 Å². The number of hydrogen-bond donors (Lipinski definition) is 0. The summed E-state index contributed by atoms with van der Waals surface area (Å²) in [5.74, 6) is 1.98. The van der Waals surface area contributed by atoms with Gasteiger partial charge in [0.2, 0.25) is 11.8 Å². The minimum absolute atomic E-state index is 0.138. The Balaban J connectivity index is 1.47. The van der Waals surface area contributed by atoms with E-state index in [0.29, 0.717) is 24.2 Å². The quantitative estimate of drug-likeness (QED) is 0.730. The predicted octanol–water partition coefficient (Wildman–Crippen LogP) is 1.87. The molecule has 1 aliphatic heterocycles. The van der Waals surface area contributed by atoms with Gasteiger partial charge in [-0.25, -0.2) is 0 Å². The Bertz CT molecular complexity index is 724. The van der Waals surface area contributed by atoms with Crippen LogP contribution in [-0.2, 0) is 23.1 Å². The number of likely N-dealkylation sites (tertiary alicyclic amines) is 1. The summed E-state index contributed by atoms with van der Waals surface area (Å²) in [7, 11) is 3.76. The molecule has 1 saturated heterocycles. The lowest BCUT2D eigenvalue weighted by Gasteiger charge is -2.23. The minimum Gasteiger partial charge on any atom is -0.342 e. The Morgan fingerprint density at radius 1 is 1.27 bits per heavy atom. The molecule has 0 spiro atoms. The Labute approximate surface area is 155 Å². The minimum atomic E-state index is 0.138. The summed E-state index contributed by atoms with van der Waals surface area (Å²) in [5, 5.41) is 4.12. The second-order valence-corrected chi connectivity index (χ2v) is 7.93. The van der Waals surface area contributed by atoms with Crippen molar-refractivity contribution in [2.75, 3.05) is 26.7 Å². The number of carbonyl (C=O) groups excluding carboxylic acids is 2. The maximum absolute atomic E-state index is 12.5. The van der Waals surface area contributed by atoms with Crippen LogP contribution in [0.5, 0.6) is 0 Å². The SMILES string of the molecule is CC/C(C)=C(\C)C(=O)N(C)CC1[C@H]2CN(C(=O)Cc3cnn(C)c3)C[C@@H]12. The van der Waals surface area contributed by atoms with Gasteiger partial charge in [-0.1, -0.05) is 12.5 Å². The number of amides is 2. The number of allylic oxidation sites excluding steroid dienone is 1. The van der Waals surface area contributed by atoms with Crippen LogP contribution in [0.4, 0.5) is 0 Å². The van der Waals surface area contributed by atoms with Gasteiger partial charge in [-0.15, -0.1) is 0 Å². The summed E-state index contributed by atoms with van der Waals surface area (Å²) in [6, 6.07) is 0. The molecule has 2 aliphatic rings. The Morgan fingerprint density at radius 3 is 2.46 bits per heavy atom. The first-order valence-corrected chi connectivity index (χ1v) is 9.48. The van der Waals surface area contributed by atoms with Gasteiger partial charge in [-0.2, -0.15) is 5.10 Å². The van der Waals surface area contributed by atoms with Gasteiger partial charge in [-0.3, -0.25) is 14.3 Å². The third kappa shape index (κ3) is 3.69. The van der Waals surface area contributed by atoms with E-state index in [9.17, 15) is 9.59 Å². The van der Waals surface area contributed by atoms with Crippen LogP contribution in [0.2, 0.25) is 0 Å². The zero-order chi connectivity index (χ0) is 19.0. The number of rotatable bonds is 6. The number of piperidine rings is 1. The van der Waals surface area contributed by atoms with Crippen molar-refractivity contribution in [3.63, 3.8) is 0 Å². The van der Waals surface area contributed by atoms with Crippen LogP contribution < -0.4 is 0 Å². The molecule has 0 bridgehead atoms. The molecule has 1 unspecified atom stereocenters. The first kappa shape index (κ1) is 18.7. The summed E-state index contributed by atoms with van der Waals surface area (Å²) in [4.78, 5) is 28.8. The zero-order valence-corrected chi connectivity index (χ0v) is 16.5. The molecule has 6 heteroatoms. The highest BCUT2D eigenvalue weighted by Gasteiger charge is 2.56. The Morgan fingerprint density at radius 2 is 1.92 bits per heavy atom. The molecule has 0 N–H and O–H groups in total. The average molecular weight is 358 g/mol. The first-order chi connectivity index (χ1) is 12.3. The molecule has 1 aliphatic carbocycles. The number of carbonyl (C=O) groups is 2. The van der Waals surface area contributed by atoms with Crippen LogP contribution in [0.25, 0.3) is 0 Å². The van der Waals surface area contributed by atoms with Crippen LogP contribution in [0.15, 0.2) is 23.5 Å². The van der Waals surface area contributed by atoms with Crippen LogP contribution in [0.1, 0.15) is 32.8 Å². The van der Waals surface area contributed by atoms with Crippen molar-refractivity contribution in [2.45, 2.75) is 33.6 Å². The largest absolute Gasteiger partial charge is 0.342 e. The van der Waals surface area contributed by atoms with Crippen molar-refractivity contribution < 1.29 is 9.59 Å². The van der Waals surface area contributed by atoms with Gasteiger partial charge >= 0.3 is 0 Å². The van der Waals surface area contributed by atoms with Crippen LogP contribution in [0.3, 0.4) is 0 Å². The smallest absolute Gasteiger partial charge is 0.249 e. The second kappa shape index (κ2) is 7.25. The molecule has 3 rings (SSSR count). The van der Waals surface area contributed by atoms with Gasteiger partial charge in [0.15, 0.2) is 0 Å². The first-order valence-electron chi connectivity index (χ1n) is 9.48. The molecule has 1 aromatic rings. The molecular weight excluding hydrogens is 328 g/mol. The fourth-order valence-electron chi connectivity index (χ4n) is 4.11. The van der Waals surface area contributed by atoms with Crippen molar-refractivity contribution in [1.82, 2.24) is 19.6 Å².